The molecule has 1 aromatic carbocycles. The Morgan fingerprint density at radius 2 is 1.71 bits per heavy atom. The predicted molar refractivity (Wildman–Crippen MR) is 82.1 cm³/mol. The van der Waals surface area contributed by atoms with Crippen LogP contribution in [0.15, 0.2) is 40.1 Å². The fourth-order valence-electron chi connectivity index (χ4n) is 2.69. The summed E-state index contributed by atoms with van der Waals surface area (Å²) in [5, 5.41) is 3.22. The molecule has 1 atom stereocenters. The molecule has 1 unspecified atom stereocenters. The van der Waals surface area contributed by atoms with E-state index in [4.69, 9.17) is 0 Å². The van der Waals surface area contributed by atoms with Crippen molar-refractivity contribution >= 4 is 6.08 Å². The maximum atomic E-state index is 12.5. The van der Waals surface area contributed by atoms with E-state index in [0.29, 0.717) is 11.3 Å². The highest BCUT2D eigenvalue weighted by Crippen LogP contribution is 2.25. The number of aryl methyl sites for hydroxylation is 1. The van der Waals surface area contributed by atoms with Gasteiger partial charge in [0.2, 0.25) is 0 Å². The fraction of sp³-hybridized carbons (Fsp3) is 0.250. The minimum atomic E-state index is -0.312. The normalized spacial score (nSPS) is 16.4. The van der Waals surface area contributed by atoms with Gasteiger partial charge in [-0.1, -0.05) is 29.8 Å². The van der Waals surface area contributed by atoms with Crippen molar-refractivity contribution in [1.82, 2.24) is 14.5 Å². The highest BCUT2D eigenvalue weighted by Gasteiger charge is 2.25. The van der Waals surface area contributed by atoms with Gasteiger partial charge in [0.25, 0.3) is 5.56 Å². The standard InChI is InChI=1S/C16H17N3O2/c1-10-4-6-11(7-5-10)14-13-12(8-9-17-14)18(2)16(21)19(3)15(13)20/h4-9,14,17H,1-3H3. The van der Waals surface area contributed by atoms with E-state index in [1.54, 1.807) is 19.3 Å². The first-order chi connectivity index (χ1) is 10.0. The lowest BCUT2D eigenvalue weighted by atomic mass is 9.95. The Morgan fingerprint density at radius 3 is 2.38 bits per heavy atom. The Hall–Kier alpha value is -2.56. The van der Waals surface area contributed by atoms with E-state index in [-0.39, 0.29) is 17.3 Å². The molecule has 5 heteroatoms. The molecule has 21 heavy (non-hydrogen) atoms. The zero-order valence-corrected chi connectivity index (χ0v) is 12.3. The Kier molecular flexibility index (Phi) is 3.05. The van der Waals surface area contributed by atoms with Gasteiger partial charge in [0, 0.05) is 14.1 Å². The van der Waals surface area contributed by atoms with E-state index < -0.39 is 0 Å². The van der Waals surface area contributed by atoms with Gasteiger partial charge in [-0.2, -0.15) is 0 Å². The molecule has 0 amide bonds. The number of nitrogens with zero attached hydrogens (tertiary/aromatic N) is 2. The van der Waals surface area contributed by atoms with Crippen LogP contribution in [0.1, 0.15) is 28.4 Å². The van der Waals surface area contributed by atoms with Gasteiger partial charge >= 0.3 is 5.69 Å². The molecule has 1 N–H and O–H groups in total. The van der Waals surface area contributed by atoms with Crippen LogP contribution in [-0.4, -0.2) is 9.13 Å². The van der Waals surface area contributed by atoms with E-state index >= 15 is 0 Å². The molecule has 2 aromatic rings. The maximum Gasteiger partial charge on any atom is 0.330 e. The predicted octanol–water partition coefficient (Wildman–Crippen LogP) is 1.06. The van der Waals surface area contributed by atoms with E-state index in [9.17, 15) is 9.59 Å². The van der Waals surface area contributed by atoms with Crippen LogP contribution in [0.4, 0.5) is 0 Å². The van der Waals surface area contributed by atoms with E-state index in [0.717, 1.165) is 10.1 Å². The number of rotatable bonds is 1. The van der Waals surface area contributed by atoms with Crippen LogP contribution < -0.4 is 16.6 Å². The molecule has 0 radical (unpaired) electrons. The summed E-state index contributed by atoms with van der Waals surface area (Å²) in [5.41, 5.74) is 2.86. The number of aromatic nitrogens is 2. The topological polar surface area (TPSA) is 56.0 Å². The third kappa shape index (κ3) is 2.01. The molecule has 0 saturated heterocycles. The number of nitrogens with one attached hydrogen (secondary N) is 1. The summed E-state index contributed by atoms with van der Waals surface area (Å²) in [6.45, 7) is 2.02. The second kappa shape index (κ2) is 4.77. The average molecular weight is 283 g/mol. The monoisotopic (exact) mass is 283 g/mol. The zero-order chi connectivity index (χ0) is 15.1. The Bertz CT molecular complexity index is 842. The third-order valence-corrected chi connectivity index (χ3v) is 3.95. The molecule has 2 heterocycles. The van der Waals surface area contributed by atoms with E-state index in [1.807, 2.05) is 31.2 Å². The SMILES string of the molecule is Cc1ccc(C2NC=Cc3c2c(=O)n(C)c(=O)n3C)cc1. The molecular formula is C16H17N3O2. The second-order valence-corrected chi connectivity index (χ2v) is 5.35. The van der Waals surface area contributed by atoms with Crippen LogP contribution in [0.25, 0.3) is 6.08 Å². The number of fused-ring (bicyclic) bond motifs is 1. The lowest BCUT2D eigenvalue weighted by Crippen LogP contribution is -2.43. The third-order valence-electron chi connectivity index (χ3n) is 3.95. The van der Waals surface area contributed by atoms with Crippen molar-refractivity contribution in [3.05, 3.63) is 73.7 Å². The average Bonchev–Trinajstić information content (AvgIpc) is 2.51. The molecule has 0 saturated carbocycles. The molecule has 0 fully saturated rings. The summed E-state index contributed by atoms with van der Waals surface area (Å²) in [4.78, 5) is 24.5. The summed E-state index contributed by atoms with van der Waals surface area (Å²) < 4.78 is 2.66. The smallest absolute Gasteiger partial charge is 0.330 e. The van der Waals surface area contributed by atoms with E-state index in [2.05, 4.69) is 5.32 Å². The molecule has 1 aliphatic heterocycles. The zero-order valence-electron chi connectivity index (χ0n) is 12.3. The summed E-state index contributed by atoms with van der Waals surface area (Å²) in [5.74, 6) is 0. The quantitative estimate of drug-likeness (QED) is 0.851. The largest absolute Gasteiger partial charge is 0.380 e. The number of benzene rings is 1. The molecule has 0 bridgehead atoms. The summed E-state index contributed by atoms with van der Waals surface area (Å²) >= 11 is 0. The highest BCUT2D eigenvalue weighted by atomic mass is 16.2. The summed E-state index contributed by atoms with van der Waals surface area (Å²) in [7, 11) is 3.19. The van der Waals surface area contributed by atoms with Gasteiger partial charge in [-0.05, 0) is 24.8 Å². The highest BCUT2D eigenvalue weighted by molar-refractivity contribution is 5.55. The molecule has 5 nitrogen and oxygen atoms in total. The molecule has 108 valence electrons. The van der Waals surface area contributed by atoms with Crippen molar-refractivity contribution in [1.29, 1.82) is 0 Å². The first-order valence-corrected chi connectivity index (χ1v) is 6.80. The number of hydrogen-bond acceptors (Lipinski definition) is 3. The molecule has 0 aliphatic carbocycles. The molecule has 1 aliphatic rings. The lowest BCUT2D eigenvalue weighted by Gasteiger charge is -2.25. The van der Waals surface area contributed by atoms with Gasteiger partial charge in [0.1, 0.15) is 0 Å². The Morgan fingerprint density at radius 1 is 1.05 bits per heavy atom. The second-order valence-electron chi connectivity index (χ2n) is 5.35. The minimum absolute atomic E-state index is 0.240. The van der Waals surface area contributed by atoms with Crippen molar-refractivity contribution in [2.75, 3.05) is 0 Å². The van der Waals surface area contributed by atoms with Crippen molar-refractivity contribution in [3.8, 4) is 0 Å². The van der Waals surface area contributed by atoms with E-state index in [1.165, 1.54) is 17.2 Å². The van der Waals surface area contributed by atoms with Gasteiger partial charge in [0.15, 0.2) is 0 Å². The Balaban J connectivity index is 2.28. The minimum Gasteiger partial charge on any atom is -0.380 e. The summed E-state index contributed by atoms with van der Waals surface area (Å²) in [6, 6.07) is 7.79. The van der Waals surface area contributed by atoms with Gasteiger partial charge in [0.05, 0.1) is 17.3 Å². The fourth-order valence-corrected chi connectivity index (χ4v) is 2.69. The van der Waals surface area contributed by atoms with Crippen molar-refractivity contribution in [2.45, 2.75) is 13.0 Å². The first-order valence-electron chi connectivity index (χ1n) is 6.80. The molecule has 3 rings (SSSR count). The molecule has 1 aromatic heterocycles. The van der Waals surface area contributed by atoms with Crippen molar-refractivity contribution < 1.29 is 0 Å². The van der Waals surface area contributed by atoms with Gasteiger partial charge in [-0.25, -0.2) is 4.79 Å². The first kappa shape index (κ1) is 13.4. The van der Waals surface area contributed by atoms with Crippen LogP contribution in [0.3, 0.4) is 0 Å². The molecular weight excluding hydrogens is 266 g/mol. The van der Waals surface area contributed by atoms with Crippen LogP contribution in [0.2, 0.25) is 0 Å². The Labute approximate surface area is 122 Å². The molecule has 0 spiro atoms. The van der Waals surface area contributed by atoms with Crippen LogP contribution in [0, 0.1) is 6.92 Å². The van der Waals surface area contributed by atoms with Crippen LogP contribution in [0.5, 0.6) is 0 Å². The van der Waals surface area contributed by atoms with Gasteiger partial charge < -0.3 is 5.32 Å². The van der Waals surface area contributed by atoms with Crippen LogP contribution >= 0.6 is 0 Å². The van der Waals surface area contributed by atoms with Crippen LogP contribution in [-0.2, 0) is 14.1 Å². The lowest BCUT2D eigenvalue weighted by molar-refractivity contribution is 0.616. The van der Waals surface area contributed by atoms with Crippen molar-refractivity contribution in [2.24, 2.45) is 14.1 Å². The summed E-state index contributed by atoms with van der Waals surface area (Å²) in [6.07, 6.45) is 3.55. The van der Waals surface area contributed by atoms with Gasteiger partial charge in [-0.3, -0.25) is 13.9 Å². The van der Waals surface area contributed by atoms with Gasteiger partial charge in [-0.15, -0.1) is 0 Å². The van der Waals surface area contributed by atoms with Crippen molar-refractivity contribution in [3.63, 3.8) is 0 Å². The maximum absolute atomic E-state index is 12.5. The number of hydrogen-bond donors (Lipinski definition) is 1.